The molecule has 56 heavy (non-hydrogen) atoms. The van der Waals surface area contributed by atoms with E-state index >= 15 is 0 Å². The number of benzene rings is 2. The molecule has 2 aromatic carbocycles. The van der Waals surface area contributed by atoms with Gasteiger partial charge in [-0.3, -0.25) is 9.59 Å². The molecule has 2 aliphatic heterocycles. The zero-order valence-electron chi connectivity index (χ0n) is 30.9. The van der Waals surface area contributed by atoms with Gasteiger partial charge in [0, 0.05) is 63.0 Å². The van der Waals surface area contributed by atoms with Crippen LogP contribution in [0.5, 0.6) is 11.5 Å². The number of anilines is 2. The highest BCUT2D eigenvalue weighted by Gasteiger charge is 2.30. The summed E-state index contributed by atoms with van der Waals surface area (Å²) in [6.07, 6.45) is 11.1. The van der Waals surface area contributed by atoms with Crippen molar-refractivity contribution in [3.8, 4) is 22.9 Å². The lowest BCUT2D eigenvalue weighted by atomic mass is 10.2. The average Bonchev–Trinajstić information content (AvgIpc) is 3.92. The molecule has 1 N–H and O–H groups in total. The molecule has 0 atom stereocenters. The minimum Gasteiger partial charge on any atom is -0.483 e. The Morgan fingerprint density at radius 1 is 0.661 bits per heavy atom. The van der Waals surface area contributed by atoms with Crippen LogP contribution >= 0.6 is 10.7 Å². The van der Waals surface area contributed by atoms with Gasteiger partial charge in [0.05, 0.1) is 36.0 Å². The monoisotopic (exact) mass is 814 g/mol. The quantitative estimate of drug-likeness (QED) is 0.240. The van der Waals surface area contributed by atoms with E-state index in [0.717, 1.165) is 87.9 Å². The zero-order valence-corrected chi connectivity index (χ0v) is 32.4. The summed E-state index contributed by atoms with van der Waals surface area (Å²) in [5, 5.41) is 11.8. The molecule has 8 rings (SSSR count). The second-order valence-electron chi connectivity index (χ2n) is 14.2. The van der Waals surface area contributed by atoms with Crippen LogP contribution in [0.2, 0.25) is 0 Å². The summed E-state index contributed by atoms with van der Waals surface area (Å²) in [6.45, 7) is 4.39. The number of aromatic nitrogens is 4. The number of piperazine rings is 2. The molecule has 4 aliphatic rings. The number of halogens is 3. The van der Waals surface area contributed by atoms with Crippen LogP contribution in [0, 0.1) is 11.6 Å². The summed E-state index contributed by atoms with van der Waals surface area (Å²) in [7, 11) is 1.65. The van der Waals surface area contributed by atoms with Crippen molar-refractivity contribution in [1.82, 2.24) is 29.2 Å². The van der Waals surface area contributed by atoms with E-state index in [-0.39, 0.29) is 36.6 Å². The topological polar surface area (TPSA) is 144 Å². The van der Waals surface area contributed by atoms with Crippen LogP contribution in [-0.4, -0.2) is 96.8 Å². The van der Waals surface area contributed by atoms with Crippen molar-refractivity contribution in [3.63, 3.8) is 0 Å². The second-order valence-corrected chi connectivity index (χ2v) is 16.7. The van der Waals surface area contributed by atoms with Crippen molar-refractivity contribution >= 4 is 31.3 Å². The highest BCUT2D eigenvalue weighted by molar-refractivity contribution is 8.11. The van der Waals surface area contributed by atoms with E-state index in [1.165, 1.54) is 45.5 Å². The Labute approximate surface area is 328 Å². The fourth-order valence-corrected chi connectivity index (χ4v) is 8.53. The maximum Gasteiger partial charge on any atom is 0.316 e. The third kappa shape index (κ3) is 9.33. The Bertz CT molecular complexity index is 2220. The minimum absolute atomic E-state index is 0.0627. The summed E-state index contributed by atoms with van der Waals surface area (Å²) >= 11 is 0. The molecule has 0 radical (unpaired) electrons. The average molecular weight is 815 g/mol. The van der Waals surface area contributed by atoms with Gasteiger partial charge >= 0.3 is 11.1 Å². The van der Waals surface area contributed by atoms with Gasteiger partial charge in [-0.1, -0.05) is 12.1 Å². The Balaban J connectivity index is 0.000000173. The molecule has 0 bridgehead atoms. The van der Waals surface area contributed by atoms with Crippen molar-refractivity contribution in [2.45, 2.75) is 63.6 Å². The molecular formula is C38H45ClF2N8O6S. The van der Waals surface area contributed by atoms with Crippen LogP contribution in [0.3, 0.4) is 0 Å². The summed E-state index contributed by atoms with van der Waals surface area (Å²) in [6, 6.07) is 11.5. The van der Waals surface area contributed by atoms with Gasteiger partial charge in [0.2, 0.25) is 11.5 Å². The van der Waals surface area contributed by atoms with Gasteiger partial charge in [-0.15, -0.1) is 0 Å². The molecule has 0 amide bonds. The summed E-state index contributed by atoms with van der Waals surface area (Å²) in [4.78, 5) is 30.4. The summed E-state index contributed by atoms with van der Waals surface area (Å²) in [5.74, 6) is -0.385. The summed E-state index contributed by atoms with van der Waals surface area (Å²) in [5.41, 5.74) is 1.14. The van der Waals surface area contributed by atoms with Gasteiger partial charge in [-0.05, 0) is 87.8 Å². The Morgan fingerprint density at radius 2 is 1.09 bits per heavy atom. The standard InChI is InChI=1S/C19H22ClFN4O4S.C19H23FN4O2/c20-30(27,28)24-10-8-23(9-11-24)17-13-22-25(15-5-3-4-14(21)12-15)19(26)18(17)29-16-6-1-2-7-16;20-14-4-3-5-15(12-14)24-19(25)18(26-16-6-1-2-7-16)17(13-22-24)23-10-8-21-9-11-23/h3-5,12-13,16H,1-2,6-11H2;3-5,12-13,16,21H,1-2,6-11H2. The van der Waals surface area contributed by atoms with E-state index in [4.69, 9.17) is 20.2 Å². The van der Waals surface area contributed by atoms with Gasteiger partial charge in [-0.2, -0.15) is 32.3 Å². The Morgan fingerprint density at radius 3 is 1.50 bits per heavy atom. The molecule has 0 spiro atoms. The first kappa shape index (κ1) is 39.6. The molecule has 4 aromatic rings. The molecule has 2 saturated heterocycles. The van der Waals surface area contributed by atoms with Gasteiger partial charge in [-0.25, -0.2) is 8.78 Å². The first-order valence-corrected chi connectivity index (χ1v) is 21.3. The van der Waals surface area contributed by atoms with Gasteiger partial charge in [0.1, 0.15) is 23.0 Å². The van der Waals surface area contributed by atoms with Crippen LogP contribution in [-0.2, 0) is 9.24 Å². The lowest BCUT2D eigenvalue weighted by Crippen LogP contribution is -2.48. The third-order valence-corrected chi connectivity index (χ3v) is 12.0. The van der Waals surface area contributed by atoms with Crippen LogP contribution in [0.25, 0.3) is 11.4 Å². The highest BCUT2D eigenvalue weighted by Crippen LogP contribution is 2.32. The molecule has 2 aromatic heterocycles. The van der Waals surface area contributed by atoms with Crippen molar-refractivity contribution in [2.24, 2.45) is 0 Å². The molecule has 2 saturated carbocycles. The number of nitrogens with one attached hydrogen (secondary N) is 1. The van der Waals surface area contributed by atoms with Crippen molar-refractivity contribution in [2.75, 3.05) is 62.2 Å². The van der Waals surface area contributed by atoms with E-state index < -0.39 is 26.4 Å². The summed E-state index contributed by atoms with van der Waals surface area (Å²) < 4.78 is 66.2. The van der Waals surface area contributed by atoms with Crippen LogP contribution in [0.15, 0.2) is 70.5 Å². The fourth-order valence-electron chi connectivity index (χ4n) is 7.51. The zero-order chi connectivity index (χ0) is 39.2. The molecule has 300 valence electrons. The molecule has 4 heterocycles. The normalized spacial score (nSPS) is 18.5. The highest BCUT2D eigenvalue weighted by atomic mass is 35.7. The van der Waals surface area contributed by atoms with Crippen LogP contribution in [0.1, 0.15) is 51.4 Å². The smallest absolute Gasteiger partial charge is 0.316 e. The van der Waals surface area contributed by atoms with Gasteiger partial charge in [0.25, 0.3) is 9.24 Å². The van der Waals surface area contributed by atoms with Gasteiger partial charge < -0.3 is 24.6 Å². The van der Waals surface area contributed by atoms with Crippen molar-refractivity contribution < 1.29 is 26.7 Å². The lowest BCUT2D eigenvalue weighted by molar-refractivity contribution is 0.205. The van der Waals surface area contributed by atoms with Crippen LogP contribution < -0.4 is 35.7 Å². The molecular weight excluding hydrogens is 770 g/mol. The van der Waals surface area contributed by atoms with Crippen molar-refractivity contribution in [3.05, 3.63) is 93.3 Å². The largest absolute Gasteiger partial charge is 0.483 e. The number of hydrogen-bond acceptors (Lipinski definition) is 11. The molecule has 18 heteroatoms. The third-order valence-electron chi connectivity index (χ3n) is 10.5. The lowest BCUT2D eigenvalue weighted by Gasteiger charge is -2.34. The predicted molar refractivity (Wildman–Crippen MR) is 209 cm³/mol. The van der Waals surface area contributed by atoms with Crippen LogP contribution in [0.4, 0.5) is 20.2 Å². The maximum absolute atomic E-state index is 13.7. The van der Waals surface area contributed by atoms with E-state index in [1.54, 1.807) is 24.4 Å². The Hall–Kier alpha value is -4.58. The predicted octanol–water partition coefficient (Wildman–Crippen LogP) is 4.40. The number of nitrogens with zero attached hydrogens (tertiary/aromatic N) is 7. The van der Waals surface area contributed by atoms with Gasteiger partial charge in [0.15, 0.2) is 0 Å². The minimum atomic E-state index is -3.78. The number of rotatable bonds is 9. The van der Waals surface area contributed by atoms with E-state index in [0.29, 0.717) is 35.9 Å². The first-order chi connectivity index (χ1) is 27.0. The number of hydrogen-bond donors (Lipinski definition) is 1. The fraction of sp³-hybridized carbons (Fsp3) is 0.474. The molecule has 0 unspecified atom stereocenters. The molecule has 14 nitrogen and oxygen atoms in total. The SMILES string of the molecule is O=c1c(OC2CCCC2)c(N2CCN(S(=O)(=O)Cl)CC2)cnn1-c1cccc(F)c1.O=c1c(OC2CCCC2)c(N2CCNCC2)cnn1-c1cccc(F)c1. The van der Waals surface area contributed by atoms with E-state index in [9.17, 15) is 26.8 Å². The molecule has 4 fully saturated rings. The number of ether oxygens (including phenoxy) is 2. The second kappa shape index (κ2) is 17.7. The Kier molecular flexibility index (Phi) is 12.5. The maximum atomic E-state index is 13.7. The molecule has 2 aliphatic carbocycles. The van der Waals surface area contributed by atoms with Crippen molar-refractivity contribution in [1.29, 1.82) is 0 Å². The van der Waals surface area contributed by atoms with E-state index in [1.807, 2.05) is 4.90 Å². The van der Waals surface area contributed by atoms with E-state index in [2.05, 4.69) is 20.4 Å². The first-order valence-electron chi connectivity index (χ1n) is 19.1.